The normalized spacial score (nSPS) is 9.94. The summed E-state index contributed by atoms with van der Waals surface area (Å²) in [6, 6.07) is 6.95. The highest BCUT2D eigenvalue weighted by atomic mass is 32.2. The molecule has 0 unspecified atom stereocenters. The summed E-state index contributed by atoms with van der Waals surface area (Å²) in [6.45, 7) is 1.87. The van der Waals surface area contributed by atoms with Crippen molar-refractivity contribution in [3.8, 4) is 0 Å². The number of thioether (sulfide) groups is 2. The van der Waals surface area contributed by atoms with Gasteiger partial charge in [0.2, 0.25) is 5.78 Å². The molecular weight excluding hydrogens is 268 g/mol. The zero-order valence-corrected chi connectivity index (χ0v) is 12.0. The number of carbonyl (C=O) groups excluding carboxylic acids is 1. The van der Waals surface area contributed by atoms with Gasteiger partial charge >= 0.3 is 5.97 Å². The zero-order chi connectivity index (χ0) is 13.7. The predicted octanol–water partition coefficient (Wildman–Crippen LogP) is 3.20. The topological polar surface area (TPSA) is 54.4 Å². The molecule has 0 aliphatic heterocycles. The van der Waals surface area contributed by atoms with E-state index in [2.05, 4.69) is 0 Å². The van der Waals surface area contributed by atoms with Crippen molar-refractivity contribution in [2.45, 2.75) is 6.92 Å². The minimum Gasteiger partial charge on any atom is -0.477 e. The number of carbonyl (C=O) groups is 2. The second-order valence-corrected chi connectivity index (χ2v) is 5.47. The van der Waals surface area contributed by atoms with Crippen molar-refractivity contribution >= 4 is 35.3 Å². The van der Waals surface area contributed by atoms with Gasteiger partial charge in [-0.2, -0.15) is 0 Å². The van der Waals surface area contributed by atoms with Crippen molar-refractivity contribution in [2.75, 3.05) is 12.5 Å². The number of Topliss-reactive ketones (excluding diaryl/α,β-unsaturated/α-hetero) is 1. The molecule has 1 N–H and O–H groups in total. The van der Waals surface area contributed by atoms with Gasteiger partial charge in [0.15, 0.2) is 0 Å². The van der Waals surface area contributed by atoms with E-state index in [0.29, 0.717) is 9.80 Å². The summed E-state index contributed by atoms with van der Waals surface area (Å²) < 4.78 is 0.522. The number of benzene rings is 1. The van der Waals surface area contributed by atoms with E-state index in [1.54, 1.807) is 30.7 Å². The summed E-state index contributed by atoms with van der Waals surface area (Å²) in [5.74, 6) is -1.62. The molecule has 1 aromatic carbocycles. The predicted molar refractivity (Wildman–Crippen MR) is 77.2 cm³/mol. The largest absolute Gasteiger partial charge is 0.477 e. The van der Waals surface area contributed by atoms with Crippen LogP contribution in [0.2, 0.25) is 0 Å². The van der Waals surface area contributed by atoms with E-state index >= 15 is 0 Å². The van der Waals surface area contributed by atoms with Gasteiger partial charge < -0.3 is 5.11 Å². The maximum atomic E-state index is 12.2. The van der Waals surface area contributed by atoms with Crippen LogP contribution in [0, 0.1) is 6.92 Å². The fourth-order valence-corrected chi connectivity index (χ4v) is 2.93. The van der Waals surface area contributed by atoms with Crippen LogP contribution >= 0.6 is 23.5 Å². The van der Waals surface area contributed by atoms with Gasteiger partial charge in [-0.3, -0.25) is 4.79 Å². The van der Waals surface area contributed by atoms with E-state index in [4.69, 9.17) is 0 Å². The Balaban J connectivity index is 3.28. The number of aryl methyl sites for hydroxylation is 1. The molecule has 0 bridgehead atoms. The van der Waals surface area contributed by atoms with Crippen LogP contribution in [0.4, 0.5) is 0 Å². The number of hydrogen-bond acceptors (Lipinski definition) is 4. The standard InChI is InChI=1S/C13H14O3S2/c1-8-5-4-6-9(7-8)11(14)10(12(15)16)13(17-2)18-3/h4-7H,1-3H3,(H,15,16). The van der Waals surface area contributed by atoms with Crippen molar-refractivity contribution in [1.29, 1.82) is 0 Å². The Morgan fingerprint density at radius 3 is 2.22 bits per heavy atom. The third-order valence-electron chi connectivity index (χ3n) is 2.30. The summed E-state index contributed by atoms with van der Waals surface area (Å²) >= 11 is 2.55. The van der Waals surface area contributed by atoms with Crippen LogP contribution in [0.25, 0.3) is 0 Å². The van der Waals surface area contributed by atoms with E-state index in [1.165, 1.54) is 23.5 Å². The molecule has 0 atom stereocenters. The SMILES string of the molecule is CSC(SC)=C(C(=O)O)C(=O)c1cccc(C)c1. The second kappa shape index (κ2) is 6.66. The summed E-state index contributed by atoms with van der Waals surface area (Å²) in [5, 5.41) is 9.20. The summed E-state index contributed by atoms with van der Waals surface area (Å²) in [7, 11) is 0. The van der Waals surface area contributed by atoms with E-state index in [-0.39, 0.29) is 5.57 Å². The Kier molecular flexibility index (Phi) is 5.50. The molecule has 0 aliphatic carbocycles. The van der Waals surface area contributed by atoms with E-state index in [1.807, 2.05) is 13.0 Å². The van der Waals surface area contributed by atoms with Crippen LogP contribution < -0.4 is 0 Å². The maximum Gasteiger partial charge on any atom is 0.341 e. The number of hydrogen-bond donors (Lipinski definition) is 1. The molecule has 0 fully saturated rings. The minimum absolute atomic E-state index is 0.152. The summed E-state index contributed by atoms with van der Waals surface area (Å²) in [6.07, 6.45) is 3.52. The van der Waals surface area contributed by atoms with Crippen molar-refractivity contribution in [1.82, 2.24) is 0 Å². The number of carboxylic acids is 1. The van der Waals surface area contributed by atoms with Crippen LogP contribution in [-0.2, 0) is 4.79 Å². The molecule has 96 valence electrons. The molecule has 0 heterocycles. The van der Waals surface area contributed by atoms with E-state index in [0.717, 1.165) is 5.56 Å². The fourth-order valence-electron chi connectivity index (χ4n) is 1.50. The van der Waals surface area contributed by atoms with Crippen molar-refractivity contribution < 1.29 is 14.7 Å². The highest BCUT2D eigenvalue weighted by Gasteiger charge is 2.23. The van der Waals surface area contributed by atoms with Gasteiger partial charge in [0.25, 0.3) is 0 Å². The highest BCUT2D eigenvalue weighted by molar-refractivity contribution is 8.21. The lowest BCUT2D eigenvalue weighted by molar-refractivity contribution is -0.132. The Bertz CT molecular complexity index is 501. The lowest BCUT2D eigenvalue weighted by Gasteiger charge is -2.07. The molecule has 5 heteroatoms. The second-order valence-electron chi connectivity index (χ2n) is 3.57. The van der Waals surface area contributed by atoms with Gasteiger partial charge in [-0.15, -0.1) is 23.5 Å². The Hall–Kier alpha value is -1.20. The summed E-state index contributed by atoms with van der Waals surface area (Å²) in [4.78, 5) is 23.5. The molecule has 0 radical (unpaired) electrons. The Morgan fingerprint density at radius 1 is 1.17 bits per heavy atom. The highest BCUT2D eigenvalue weighted by Crippen LogP contribution is 2.29. The smallest absolute Gasteiger partial charge is 0.341 e. The lowest BCUT2D eigenvalue weighted by atomic mass is 10.0. The maximum absolute atomic E-state index is 12.2. The first-order valence-corrected chi connectivity index (χ1v) is 7.63. The molecule has 1 rings (SSSR count). The molecule has 0 spiro atoms. The van der Waals surface area contributed by atoms with Gasteiger partial charge in [-0.25, -0.2) is 4.79 Å². The first-order valence-electron chi connectivity index (χ1n) is 5.18. The summed E-state index contributed by atoms with van der Waals surface area (Å²) in [5.41, 5.74) is 1.19. The zero-order valence-electron chi connectivity index (χ0n) is 10.4. The van der Waals surface area contributed by atoms with Crippen molar-refractivity contribution in [2.24, 2.45) is 0 Å². The van der Waals surface area contributed by atoms with E-state index in [9.17, 15) is 14.7 Å². The molecule has 0 amide bonds. The Labute approximate surface area is 115 Å². The molecule has 1 aromatic rings. The third kappa shape index (κ3) is 3.40. The molecule has 3 nitrogen and oxygen atoms in total. The first kappa shape index (κ1) is 14.9. The van der Waals surface area contributed by atoms with Crippen LogP contribution in [0.3, 0.4) is 0 Å². The average Bonchev–Trinajstić information content (AvgIpc) is 2.34. The van der Waals surface area contributed by atoms with Gasteiger partial charge in [-0.05, 0) is 25.5 Å². The van der Waals surface area contributed by atoms with Crippen LogP contribution in [0.15, 0.2) is 34.1 Å². The molecular formula is C13H14O3S2. The Morgan fingerprint density at radius 2 is 1.78 bits per heavy atom. The lowest BCUT2D eigenvalue weighted by Crippen LogP contribution is -2.14. The van der Waals surface area contributed by atoms with Crippen LogP contribution in [0.5, 0.6) is 0 Å². The number of ketones is 1. The van der Waals surface area contributed by atoms with Crippen molar-refractivity contribution in [3.05, 3.63) is 45.2 Å². The molecule has 0 aromatic heterocycles. The average molecular weight is 282 g/mol. The quantitative estimate of drug-likeness (QED) is 0.389. The van der Waals surface area contributed by atoms with Gasteiger partial charge in [0.05, 0.1) is 4.24 Å². The molecule has 0 saturated heterocycles. The molecule has 0 saturated carbocycles. The van der Waals surface area contributed by atoms with Crippen LogP contribution in [-0.4, -0.2) is 29.4 Å². The number of carboxylic acid groups (broad SMARTS) is 1. The van der Waals surface area contributed by atoms with Gasteiger partial charge in [0.1, 0.15) is 5.57 Å². The minimum atomic E-state index is -1.18. The molecule has 18 heavy (non-hydrogen) atoms. The first-order chi connectivity index (χ1) is 8.51. The van der Waals surface area contributed by atoms with Gasteiger partial charge in [0, 0.05) is 5.56 Å². The monoisotopic (exact) mass is 282 g/mol. The number of aliphatic carboxylic acids is 1. The fraction of sp³-hybridized carbons (Fsp3) is 0.231. The number of rotatable bonds is 5. The van der Waals surface area contributed by atoms with E-state index < -0.39 is 11.8 Å². The van der Waals surface area contributed by atoms with Crippen molar-refractivity contribution in [3.63, 3.8) is 0 Å². The van der Waals surface area contributed by atoms with Crippen LogP contribution in [0.1, 0.15) is 15.9 Å². The molecule has 0 aliphatic rings. The van der Waals surface area contributed by atoms with Gasteiger partial charge in [-0.1, -0.05) is 23.8 Å². The third-order valence-corrected chi connectivity index (χ3v) is 4.45.